The first-order valence-electron chi connectivity index (χ1n) is 4.97. The molecule has 0 aliphatic rings. The molecule has 0 fully saturated rings. The lowest BCUT2D eigenvalue weighted by atomic mass is 10.3. The van der Waals surface area contributed by atoms with Crippen LogP contribution in [0.3, 0.4) is 0 Å². The number of nitrogens with zero attached hydrogens (tertiary/aromatic N) is 2. The minimum absolute atomic E-state index is 0.128. The van der Waals surface area contributed by atoms with Crippen LogP contribution in [0.2, 0.25) is 0 Å². The maximum atomic E-state index is 13.3. The van der Waals surface area contributed by atoms with E-state index in [9.17, 15) is 13.2 Å². The summed E-state index contributed by atoms with van der Waals surface area (Å²) in [5, 5.41) is 8.78. The molecule has 0 aliphatic carbocycles. The summed E-state index contributed by atoms with van der Waals surface area (Å²) >= 11 is 0. The molecule has 1 N–H and O–H groups in total. The molecule has 0 aromatic carbocycles. The van der Waals surface area contributed by atoms with E-state index in [0.717, 1.165) is 0 Å². The van der Waals surface area contributed by atoms with Crippen molar-refractivity contribution in [2.45, 2.75) is 13.3 Å². The molecule has 1 aromatic heterocycles. The number of hydrogen-bond donors (Lipinski definition) is 1. The first-order valence-corrected chi connectivity index (χ1v) is 4.97. The quantitative estimate of drug-likeness (QED) is 0.788. The van der Waals surface area contributed by atoms with Crippen LogP contribution in [0, 0.1) is 17.6 Å². The second-order valence-corrected chi connectivity index (χ2v) is 3.28. The van der Waals surface area contributed by atoms with Crippen molar-refractivity contribution in [3.05, 3.63) is 23.6 Å². The van der Waals surface area contributed by atoms with Crippen molar-refractivity contribution in [2.24, 2.45) is 0 Å². The summed E-state index contributed by atoms with van der Waals surface area (Å²) in [6.07, 6.45) is 0.681. The Bertz CT molecular complexity index is 354. The minimum Gasteiger partial charge on any atom is -0.395 e. The van der Waals surface area contributed by atoms with Gasteiger partial charge in [0.15, 0.2) is 17.5 Å². The number of aromatic nitrogens is 1. The van der Waals surface area contributed by atoms with E-state index in [2.05, 4.69) is 4.98 Å². The lowest BCUT2D eigenvalue weighted by Crippen LogP contribution is -2.29. The molecule has 0 spiro atoms. The Morgan fingerprint density at radius 1 is 1.25 bits per heavy atom. The van der Waals surface area contributed by atoms with Crippen LogP contribution in [-0.2, 0) is 0 Å². The molecule has 1 heterocycles. The average Bonchev–Trinajstić information content (AvgIpc) is 2.23. The van der Waals surface area contributed by atoms with Crippen molar-refractivity contribution in [1.82, 2.24) is 4.98 Å². The highest BCUT2D eigenvalue weighted by atomic mass is 19.2. The van der Waals surface area contributed by atoms with Gasteiger partial charge in [0, 0.05) is 19.2 Å². The van der Waals surface area contributed by atoms with Crippen LogP contribution in [0.4, 0.5) is 19.0 Å². The summed E-state index contributed by atoms with van der Waals surface area (Å²) < 4.78 is 38.8. The largest absolute Gasteiger partial charge is 0.395 e. The highest BCUT2D eigenvalue weighted by molar-refractivity contribution is 5.39. The molecule has 0 unspecified atom stereocenters. The molecule has 0 radical (unpaired) electrons. The van der Waals surface area contributed by atoms with E-state index in [0.29, 0.717) is 19.0 Å². The predicted molar refractivity (Wildman–Crippen MR) is 53.7 cm³/mol. The molecule has 0 amide bonds. The topological polar surface area (TPSA) is 36.4 Å². The highest BCUT2D eigenvalue weighted by Crippen LogP contribution is 2.18. The van der Waals surface area contributed by atoms with E-state index in [1.54, 1.807) is 0 Å². The Kier molecular flexibility index (Phi) is 4.54. The van der Waals surface area contributed by atoms with Gasteiger partial charge in [-0.15, -0.1) is 0 Å². The van der Waals surface area contributed by atoms with Crippen molar-refractivity contribution in [2.75, 3.05) is 24.6 Å². The maximum absolute atomic E-state index is 13.3. The molecule has 0 aliphatic heterocycles. The smallest absolute Gasteiger partial charge is 0.251 e. The highest BCUT2D eigenvalue weighted by Gasteiger charge is 2.16. The van der Waals surface area contributed by atoms with Crippen LogP contribution >= 0.6 is 0 Å². The molecule has 1 rings (SSSR count). The lowest BCUT2D eigenvalue weighted by molar-refractivity contribution is 0.300. The van der Waals surface area contributed by atoms with E-state index >= 15 is 0 Å². The SMILES string of the molecule is CCCN(CCO)c1nc(F)c(F)cc1F. The standard InChI is InChI=1S/C10H13F3N2O/c1-2-3-15(4-5-16)10-8(12)6-7(11)9(13)14-10/h6,16H,2-5H2,1H3. The van der Waals surface area contributed by atoms with Gasteiger partial charge in [0.25, 0.3) is 5.95 Å². The fourth-order valence-corrected chi connectivity index (χ4v) is 1.37. The van der Waals surface area contributed by atoms with E-state index < -0.39 is 17.6 Å². The third kappa shape index (κ3) is 2.85. The van der Waals surface area contributed by atoms with Gasteiger partial charge in [0.05, 0.1) is 6.61 Å². The van der Waals surface area contributed by atoms with Gasteiger partial charge in [-0.25, -0.2) is 8.78 Å². The first-order chi connectivity index (χ1) is 7.60. The molecular weight excluding hydrogens is 221 g/mol. The Balaban J connectivity index is 3.03. The molecular formula is C10H13F3N2O. The van der Waals surface area contributed by atoms with Crippen LogP contribution in [0.5, 0.6) is 0 Å². The summed E-state index contributed by atoms with van der Waals surface area (Å²) in [6.45, 7) is 2.18. The fourth-order valence-electron chi connectivity index (χ4n) is 1.37. The number of aliphatic hydroxyl groups excluding tert-OH is 1. The van der Waals surface area contributed by atoms with Crippen molar-refractivity contribution in [1.29, 1.82) is 0 Å². The van der Waals surface area contributed by atoms with Gasteiger partial charge in [0.1, 0.15) is 0 Å². The van der Waals surface area contributed by atoms with Crippen LogP contribution in [0.1, 0.15) is 13.3 Å². The van der Waals surface area contributed by atoms with Gasteiger partial charge in [-0.1, -0.05) is 6.92 Å². The van der Waals surface area contributed by atoms with Crippen molar-refractivity contribution < 1.29 is 18.3 Å². The summed E-state index contributed by atoms with van der Waals surface area (Å²) in [4.78, 5) is 4.58. The van der Waals surface area contributed by atoms with Crippen molar-refractivity contribution in [3.8, 4) is 0 Å². The third-order valence-electron chi connectivity index (χ3n) is 2.03. The summed E-state index contributed by atoms with van der Waals surface area (Å²) in [5.41, 5.74) is 0. The Labute approximate surface area is 91.5 Å². The van der Waals surface area contributed by atoms with Gasteiger partial charge in [-0.3, -0.25) is 0 Å². The monoisotopic (exact) mass is 234 g/mol. The minimum atomic E-state index is -1.34. The zero-order valence-electron chi connectivity index (χ0n) is 8.88. The first kappa shape index (κ1) is 12.8. The molecule has 0 saturated carbocycles. The summed E-state index contributed by atoms with van der Waals surface area (Å²) in [5.74, 6) is -3.85. The molecule has 16 heavy (non-hydrogen) atoms. The van der Waals surface area contributed by atoms with Crippen LogP contribution in [0.15, 0.2) is 6.07 Å². The second kappa shape index (κ2) is 5.69. The predicted octanol–water partition coefficient (Wildman–Crippen LogP) is 1.71. The number of anilines is 1. The number of aliphatic hydroxyl groups is 1. The zero-order chi connectivity index (χ0) is 12.1. The van der Waals surface area contributed by atoms with Gasteiger partial charge >= 0.3 is 0 Å². The third-order valence-corrected chi connectivity index (χ3v) is 2.03. The van der Waals surface area contributed by atoms with Gasteiger partial charge in [0.2, 0.25) is 0 Å². The van der Waals surface area contributed by atoms with Crippen molar-refractivity contribution in [3.63, 3.8) is 0 Å². The lowest BCUT2D eigenvalue weighted by Gasteiger charge is -2.22. The van der Waals surface area contributed by atoms with E-state index in [1.165, 1.54) is 4.90 Å². The molecule has 90 valence electrons. The second-order valence-electron chi connectivity index (χ2n) is 3.28. The van der Waals surface area contributed by atoms with Gasteiger partial charge in [-0.05, 0) is 6.42 Å². The molecule has 3 nitrogen and oxygen atoms in total. The zero-order valence-corrected chi connectivity index (χ0v) is 8.88. The molecule has 0 saturated heterocycles. The molecule has 0 bridgehead atoms. The fraction of sp³-hybridized carbons (Fsp3) is 0.500. The summed E-state index contributed by atoms with van der Waals surface area (Å²) in [6, 6.07) is 0.456. The molecule has 6 heteroatoms. The number of halogens is 3. The van der Waals surface area contributed by atoms with E-state index in [1.807, 2.05) is 6.92 Å². The van der Waals surface area contributed by atoms with E-state index in [4.69, 9.17) is 5.11 Å². The molecule has 1 aromatic rings. The van der Waals surface area contributed by atoms with Gasteiger partial charge < -0.3 is 10.0 Å². The van der Waals surface area contributed by atoms with Crippen LogP contribution in [-0.4, -0.2) is 29.8 Å². The number of rotatable bonds is 5. The summed E-state index contributed by atoms with van der Waals surface area (Å²) in [7, 11) is 0. The van der Waals surface area contributed by atoms with Crippen LogP contribution in [0.25, 0.3) is 0 Å². The Hall–Kier alpha value is -1.30. The average molecular weight is 234 g/mol. The number of hydrogen-bond acceptors (Lipinski definition) is 3. The van der Waals surface area contributed by atoms with Crippen LogP contribution < -0.4 is 4.90 Å². The van der Waals surface area contributed by atoms with Gasteiger partial charge in [-0.2, -0.15) is 9.37 Å². The van der Waals surface area contributed by atoms with Crippen molar-refractivity contribution >= 4 is 5.82 Å². The molecule has 0 atom stereocenters. The Morgan fingerprint density at radius 3 is 2.50 bits per heavy atom. The maximum Gasteiger partial charge on any atom is 0.251 e. The number of pyridine rings is 1. The Morgan fingerprint density at radius 2 is 1.94 bits per heavy atom. The van der Waals surface area contributed by atoms with E-state index in [-0.39, 0.29) is 19.0 Å². The normalized spacial score (nSPS) is 10.6.